The van der Waals surface area contributed by atoms with Crippen LogP contribution in [0.3, 0.4) is 0 Å². The fourth-order valence-corrected chi connectivity index (χ4v) is 3.79. The number of aliphatic imine (C=N–C) groups is 2. The maximum absolute atomic E-state index is 12.7. The smallest absolute Gasteiger partial charge is 0.324 e. The van der Waals surface area contributed by atoms with E-state index in [0.717, 1.165) is 37.1 Å². The van der Waals surface area contributed by atoms with E-state index in [1.165, 1.54) is 4.68 Å². The number of benzene rings is 1. The molecule has 2 aliphatic rings. The molecular weight excluding hydrogens is 408 g/mol. The highest BCUT2D eigenvalue weighted by molar-refractivity contribution is 6.16. The number of nitrogens with one attached hydrogen (secondary N) is 2. The quantitative estimate of drug-likeness (QED) is 0.751. The van der Waals surface area contributed by atoms with Gasteiger partial charge >= 0.3 is 6.03 Å². The molecular formula is C23H28N6O3. The standard InChI is InChI=1S/C23H28N6O3/c1-23(2,3)18-13-19(26-22(31)24-14-8-7-9-15(12-14)32-4)29(28-18)21-25-17-11-6-5-10-16(17)20(30)27-21/h7-9,12-13,16H,5-6,10-11H2,1-4H3,(H2,24,26,31). The van der Waals surface area contributed by atoms with Gasteiger partial charge in [0.2, 0.25) is 0 Å². The highest BCUT2D eigenvalue weighted by Crippen LogP contribution is 2.28. The summed E-state index contributed by atoms with van der Waals surface area (Å²) in [6.45, 7) is 6.07. The summed E-state index contributed by atoms with van der Waals surface area (Å²) in [5.41, 5.74) is 1.91. The van der Waals surface area contributed by atoms with Gasteiger partial charge in [-0.1, -0.05) is 33.3 Å². The van der Waals surface area contributed by atoms with E-state index in [2.05, 4.69) is 25.7 Å². The summed E-state index contributed by atoms with van der Waals surface area (Å²) in [4.78, 5) is 34.2. The van der Waals surface area contributed by atoms with Crippen LogP contribution in [-0.4, -0.2) is 40.5 Å². The number of hydrogen-bond donors (Lipinski definition) is 2. The number of ether oxygens (including phenoxy) is 1. The van der Waals surface area contributed by atoms with Crippen LogP contribution in [0.1, 0.15) is 52.1 Å². The largest absolute Gasteiger partial charge is 0.497 e. The second kappa shape index (κ2) is 8.57. The molecule has 2 heterocycles. The third kappa shape index (κ3) is 4.56. The van der Waals surface area contributed by atoms with E-state index < -0.39 is 6.03 Å². The number of aromatic nitrogens is 2. The maximum atomic E-state index is 12.7. The summed E-state index contributed by atoms with van der Waals surface area (Å²) in [5, 5.41) is 10.2. The first kappa shape index (κ1) is 21.7. The molecule has 1 saturated carbocycles. The first-order chi connectivity index (χ1) is 15.2. The molecule has 1 aliphatic heterocycles. The number of methoxy groups -OCH3 is 1. The van der Waals surface area contributed by atoms with Crippen LogP contribution in [0.2, 0.25) is 0 Å². The summed E-state index contributed by atoms with van der Waals surface area (Å²) < 4.78 is 6.64. The number of hydrogen-bond acceptors (Lipinski definition) is 5. The first-order valence-corrected chi connectivity index (χ1v) is 10.8. The van der Waals surface area contributed by atoms with Gasteiger partial charge in [0.05, 0.1) is 18.7 Å². The Balaban J connectivity index is 1.63. The summed E-state index contributed by atoms with van der Waals surface area (Å²) in [6, 6.07) is 8.39. The van der Waals surface area contributed by atoms with Gasteiger partial charge in [-0.15, -0.1) is 0 Å². The zero-order chi connectivity index (χ0) is 22.9. The van der Waals surface area contributed by atoms with E-state index in [4.69, 9.17) is 4.74 Å². The molecule has 2 N–H and O–H groups in total. The van der Waals surface area contributed by atoms with Crippen LogP contribution in [-0.2, 0) is 10.2 Å². The van der Waals surface area contributed by atoms with Crippen molar-refractivity contribution in [3.8, 4) is 5.75 Å². The number of nitrogens with zero attached hydrogens (tertiary/aromatic N) is 4. The number of anilines is 2. The maximum Gasteiger partial charge on any atom is 0.324 e. The van der Waals surface area contributed by atoms with Gasteiger partial charge in [0.25, 0.3) is 11.9 Å². The molecule has 1 unspecified atom stereocenters. The van der Waals surface area contributed by atoms with Crippen LogP contribution in [0.5, 0.6) is 5.75 Å². The number of urea groups is 1. The van der Waals surface area contributed by atoms with Crippen molar-refractivity contribution in [1.82, 2.24) is 9.78 Å². The second-order valence-electron chi connectivity index (χ2n) is 9.04. The van der Waals surface area contributed by atoms with Crippen molar-refractivity contribution in [2.24, 2.45) is 15.9 Å². The second-order valence-corrected chi connectivity index (χ2v) is 9.04. The number of amides is 3. The molecule has 2 aromatic rings. The molecule has 1 aliphatic carbocycles. The summed E-state index contributed by atoms with van der Waals surface area (Å²) >= 11 is 0. The molecule has 9 nitrogen and oxygen atoms in total. The minimum absolute atomic E-state index is 0.190. The average Bonchev–Trinajstić information content (AvgIpc) is 3.18. The summed E-state index contributed by atoms with van der Waals surface area (Å²) in [5.74, 6) is 0.800. The molecule has 1 fully saturated rings. The van der Waals surface area contributed by atoms with Crippen molar-refractivity contribution in [3.05, 3.63) is 36.0 Å². The summed E-state index contributed by atoms with van der Waals surface area (Å²) in [7, 11) is 1.57. The van der Waals surface area contributed by atoms with E-state index in [1.54, 1.807) is 37.4 Å². The van der Waals surface area contributed by atoms with Crippen molar-refractivity contribution >= 4 is 35.1 Å². The Morgan fingerprint density at radius 3 is 2.72 bits per heavy atom. The highest BCUT2D eigenvalue weighted by Gasteiger charge is 2.32. The zero-order valence-electron chi connectivity index (χ0n) is 18.8. The molecule has 9 heteroatoms. The molecule has 0 spiro atoms. The lowest BCUT2D eigenvalue weighted by atomic mass is 9.86. The van der Waals surface area contributed by atoms with Crippen molar-refractivity contribution in [2.45, 2.75) is 51.9 Å². The predicted octanol–water partition coefficient (Wildman–Crippen LogP) is 4.21. The molecule has 168 valence electrons. The van der Waals surface area contributed by atoms with E-state index >= 15 is 0 Å². The SMILES string of the molecule is COc1cccc(NC(=O)Nc2cc(C(C)(C)C)nn2C2=NC(=O)C3CCCCC3=N2)c1. The van der Waals surface area contributed by atoms with Crippen LogP contribution in [0.4, 0.5) is 16.3 Å². The van der Waals surface area contributed by atoms with E-state index in [1.807, 2.05) is 20.8 Å². The number of carbonyl (C=O) groups excluding carboxylic acids is 2. The fraction of sp³-hybridized carbons (Fsp3) is 0.435. The van der Waals surface area contributed by atoms with Crippen LogP contribution in [0.25, 0.3) is 0 Å². The molecule has 4 rings (SSSR count). The molecule has 0 saturated heterocycles. The lowest BCUT2D eigenvalue weighted by Gasteiger charge is -2.24. The molecule has 32 heavy (non-hydrogen) atoms. The van der Waals surface area contributed by atoms with E-state index in [-0.39, 0.29) is 23.2 Å². The Morgan fingerprint density at radius 2 is 1.97 bits per heavy atom. The third-order valence-electron chi connectivity index (χ3n) is 5.57. The Morgan fingerprint density at radius 1 is 1.16 bits per heavy atom. The molecule has 1 aromatic carbocycles. The van der Waals surface area contributed by atoms with Crippen LogP contribution in [0.15, 0.2) is 40.3 Å². The van der Waals surface area contributed by atoms with Gasteiger partial charge in [0, 0.05) is 28.9 Å². The van der Waals surface area contributed by atoms with Crippen molar-refractivity contribution in [2.75, 3.05) is 17.7 Å². The zero-order valence-corrected chi connectivity index (χ0v) is 18.8. The van der Waals surface area contributed by atoms with Gasteiger partial charge in [0.1, 0.15) is 11.6 Å². The molecule has 1 aromatic heterocycles. The van der Waals surface area contributed by atoms with Gasteiger partial charge in [-0.3, -0.25) is 10.1 Å². The summed E-state index contributed by atoms with van der Waals surface area (Å²) in [6.07, 6.45) is 3.58. The third-order valence-corrected chi connectivity index (χ3v) is 5.57. The molecule has 1 atom stereocenters. The van der Waals surface area contributed by atoms with Gasteiger partial charge in [0.15, 0.2) is 0 Å². The molecule has 3 amide bonds. The molecule has 0 bridgehead atoms. The fourth-order valence-electron chi connectivity index (χ4n) is 3.79. The normalized spacial score (nSPS) is 18.4. The number of carbonyl (C=O) groups is 2. The van der Waals surface area contributed by atoms with Crippen LogP contribution >= 0.6 is 0 Å². The monoisotopic (exact) mass is 436 g/mol. The van der Waals surface area contributed by atoms with Crippen molar-refractivity contribution in [3.63, 3.8) is 0 Å². The minimum atomic E-state index is -0.453. The number of rotatable bonds is 3. The first-order valence-electron chi connectivity index (χ1n) is 10.8. The van der Waals surface area contributed by atoms with Crippen molar-refractivity contribution in [1.29, 1.82) is 0 Å². The Hall–Kier alpha value is -3.49. The average molecular weight is 437 g/mol. The highest BCUT2D eigenvalue weighted by atomic mass is 16.5. The van der Waals surface area contributed by atoms with E-state index in [0.29, 0.717) is 17.3 Å². The number of fused-ring (bicyclic) bond motifs is 1. The molecule has 0 radical (unpaired) electrons. The van der Waals surface area contributed by atoms with Crippen LogP contribution in [0, 0.1) is 5.92 Å². The topological polar surface area (TPSA) is 110 Å². The van der Waals surface area contributed by atoms with Gasteiger partial charge in [-0.05, 0) is 31.4 Å². The van der Waals surface area contributed by atoms with Crippen LogP contribution < -0.4 is 15.4 Å². The van der Waals surface area contributed by atoms with Crippen molar-refractivity contribution < 1.29 is 14.3 Å². The van der Waals surface area contributed by atoms with Gasteiger partial charge in [-0.2, -0.15) is 14.8 Å². The lowest BCUT2D eigenvalue weighted by molar-refractivity contribution is -0.120. The van der Waals surface area contributed by atoms with Gasteiger partial charge < -0.3 is 10.1 Å². The Kier molecular flexibility index (Phi) is 5.82. The Labute approximate surface area is 187 Å². The minimum Gasteiger partial charge on any atom is -0.497 e. The lowest BCUT2D eigenvalue weighted by Crippen LogP contribution is -2.34. The predicted molar refractivity (Wildman–Crippen MR) is 124 cm³/mol. The van der Waals surface area contributed by atoms with E-state index in [9.17, 15) is 9.59 Å². The Bertz CT molecular complexity index is 1110. The van der Waals surface area contributed by atoms with Gasteiger partial charge in [-0.25, -0.2) is 9.79 Å².